The number of ether oxygens (including phenoxy) is 3. The Morgan fingerprint density at radius 1 is 1.14 bits per heavy atom. The van der Waals surface area contributed by atoms with Gasteiger partial charge >= 0.3 is 0 Å². The van der Waals surface area contributed by atoms with Gasteiger partial charge in [0.1, 0.15) is 12.4 Å². The van der Waals surface area contributed by atoms with Crippen LogP contribution in [0.15, 0.2) is 23.2 Å². The van der Waals surface area contributed by atoms with E-state index < -0.39 is 0 Å². The summed E-state index contributed by atoms with van der Waals surface area (Å²) in [6, 6.07) is 6.24. The second kappa shape index (κ2) is 15.1. The van der Waals surface area contributed by atoms with Crippen LogP contribution in [0.3, 0.4) is 0 Å². The van der Waals surface area contributed by atoms with E-state index in [1.807, 2.05) is 13.8 Å². The van der Waals surface area contributed by atoms with Crippen molar-refractivity contribution in [1.29, 1.82) is 0 Å². The molecular formula is C22H40N4O3. The van der Waals surface area contributed by atoms with Gasteiger partial charge in [0.25, 0.3) is 0 Å². The molecule has 1 unspecified atom stereocenters. The van der Waals surface area contributed by atoms with E-state index >= 15 is 0 Å². The summed E-state index contributed by atoms with van der Waals surface area (Å²) >= 11 is 0. The Balaban J connectivity index is 2.58. The van der Waals surface area contributed by atoms with Crippen molar-refractivity contribution in [3.63, 3.8) is 0 Å². The number of nitrogens with zero attached hydrogens (tertiary/aromatic N) is 2. The zero-order chi connectivity index (χ0) is 21.5. The van der Waals surface area contributed by atoms with Crippen molar-refractivity contribution in [2.45, 2.75) is 39.8 Å². The molecule has 2 N–H and O–H groups in total. The third-order valence-electron chi connectivity index (χ3n) is 4.38. The average Bonchev–Trinajstić information content (AvgIpc) is 2.70. The van der Waals surface area contributed by atoms with Gasteiger partial charge in [0.05, 0.1) is 12.7 Å². The normalized spacial score (nSPS) is 12.9. The van der Waals surface area contributed by atoms with E-state index in [2.05, 4.69) is 59.7 Å². The van der Waals surface area contributed by atoms with E-state index in [4.69, 9.17) is 14.2 Å². The van der Waals surface area contributed by atoms with Crippen LogP contribution in [0.2, 0.25) is 0 Å². The number of aryl methyl sites for hydroxylation is 1. The van der Waals surface area contributed by atoms with Crippen molar-refractivity contribution in [2.75, 3.05) is 60.7 Å². The Bertz CT molecular complexity index is 593. The van der Waals surface area contributed by atoms with Gasteiger partial charge in [-0.15, -0.1) is 0 Å². The Hall–Kier alpha value is -1.83. The zero-order valence-electron chi connectivity index (χ0n) is 19.1. The molecule has 1 rings (SSSR count). The van der Waals surface area contributed by atoms with Gasteiger partial charge in [-0.2, -0.15) is 0 Å². The summed E-state index contributed by atoms with van der Waals surface area (Å²) in [6.07, 6.45) is 1.12. The summed E-state index contributed by atoms with van der Waals surface area (Å²) in [5.41, 5.74) is 2.26. The number of hydrogen-bond acceptors (Lipinski definition) is 5. The van der Waals surface area contributed by atoms with E-state index in [-0.39, 0.29) is 6.10 Å². The Morgan fingerprint density at radius 2 is 1.93 bits per heavy atom. The predicted octanol–water partition coefficient (Wildman–Crippen LogP) is 2.43. The smallest absolute Gasteiger partial charge is 0.191 e. The minimum Gasteiger partial charge on any atom is -0.491 e. The van der Waals surface area contributed by atoms with E-state index in [0.717, 1.165) is 30.2 Å². The molecule has 29 heavy (non-hydrogen) atoms. The summed E-state index contributed by atoms with van der Waals surface area (Å²) in [6.45, 7) is 10.9. The summed E-state index contributed by atoms with van der Waals surface area (Å²) in [5, 5.41) is 6.74. The average molecular weight is 409 g/mol. The minimum absolute atomic E-state index is 0.151. The molecule has 1 aromatic carbocycles. The Kier molecular flexibility index (Phi) is 13.1. The quantitative estimate of drug-likeness (QED) is 0.280. The van der Waals surface area contributed by atoms with E-state index in [0.29, 0.717) is 39.5 Å². The van der Waals surface area contributed by atoms with Crippen LogP contribution in [0, 0.1) is 6.92 Å². The van der Waals surface area contributed by atoms with Crippen LogP contribution in [0.1, 0.15) is 31.4 Å². The van der Waals surface area contributed by atoms with Crippen molar-refractivity contribution >= 4 is 5.96 Å². The monoisotopic (exact) mass is 408 g/mol. The molecule has 0 spiro atoms. The van der Waals surface area contributed by atoms with Gasteiger partial charge in [-0.1, -0.05) is 12.1 Å². The molecule has 0 fully saturated rings. The first-order chi connectivity index (χ1) is 14.0. The van der Waals surface area contributed by atoms with E-state index in [1.54, 1.807) is 7.05 Å². The first-order valence-corrected chi connectivity index (χ1v) is 10.5. The predicted molar refractivity (Wildman–Crippen MR) is 120 cm³/mol. The Labute approximate surface area is 176 Å². The van der Waals surface area contributed by atoms with Crippen LogP contribution in [-0.2, 0) is 16.0 Å². The fourth-order valence-electron chi connectivity index (χ4n) is 2.79. The van der Waals surface area contributed by atoms with Crippen LogP contribution in [-0.4, -0.2) is 77.6 Å². The molecule has 1 aromatic rings. The molecule has 166 valence electrons. The van der Waals surface area contributed by atoms with Crippen molar-refractivity contribution in [3.05, 3.63) is 29.3 Å². The summed E-state index contributed by atoms with van der Waals surface area (Å²) < 4.78 is 17.1. The second-order valence-electron chi connectivity index (χ2n) is 7.13. The maximum Gasteiger partial charge on any atom is 0.191 e. The standard InChI is InChI=1S/C22H40N4O3/c1-7-27-13-14-29-21-15-18(3)9-10-19(21)16-24-22(23-4)25-17-20(28-8-2)11-12-26(5)6/h9-10,15,20H,7-8,11-14,16-17H2,1-6H3,(H2,23,24,25). The first-order valence-electron chi connectivity index (χ1n) is 10.5. The molecule has 1 atom stereocenters. The molecule has 7 heteroatoms. The molecule has 0 aliphatic carbocycles. The van der Waals surface area contributed by atoms with Gasteiger partial charge in [-0.25, -0.2) is 0 Å². The molecule has 0 aliphatic rings. The lowest BCUT2D eigenvalue weighted by Gasteiger charge is -2.21. The van der Waals surface area contributed by atoms with Crippen LogP contribution in [0.5, 0.6) is 5.75 Å². The van der Waals surface area contributed by atoms with E-state index in [9.17, 15) is 0 Å². The number of rotatable bonds is 14. The Morgan fingerprint density at radius 3 is 2.59 bits per heavy atom. The summed E-state index contributed by atoms with van der Waals surface area (Å²) in [4.78, 5) is 6.50. The lowest BCUT2D eigenvalue weighted by Crippen LogP contribution is -2.42. The molecule has 0 saturated heterocycles. The van der Waals surface area contributed by atoms with Crippen LogP contribution >= 0.6 is 0 Å². The van der Waals surface area contributed by atoms with E-state index in [1.165, 1.54) is 5.56 Å². The van der Waals surface area contributed by atoms with Gasteiger partial charge in [0.15, 0.2) is 5.96 Å². The van der Waals surface area contributed by atoms with Gasteiger partial charge in [0.2, 0.25) is 0 Å². The number of aliphatic imine (C=N–C) groups is 1. The first kappa shape index (κ1) is 25.2. The topological polar surface area (TPSA) is 67.4 Å². The number of nitrogens with one attached hydrogen (secondary N) is 2. The highest BCUT2D eigenvalue weighted by atomic mass is 16.5. The maximum absolute atomic E-state index is 5.92. The largest absolute Gasteiger partial charge is 0.491 e. The summed E-state index contributed by atoms with van der Waals surface area (Å²) in [5.74, 6) is 1.63. The highest BCUT2D eigenvalue weighted by Crippen LogP contribution is 2.20. The molecule has 0 saturated carbocycles. The molecule has 0 bridgehead atoms. The van der Waals surface area contributed by atoms with Crippen molar-refractivity contribution < 1.29 is 14.2 Å². The van der Waals surface area contributed by atoms with Crippen molar-refractivity contribution in [1.82, 2.24) is 15.5 Å². The highest BCUT2D eigenvalue weighted by molar-refractivity contribution is 5.79. The number of hydrogen-bond donors (Lipinski definition) is 2. The molecule has 0 aromatic heterocycles. The third-order valence-corrected chi connectivity index (χ3v) is 4.38. The minimum atomic E-state index is 0.151. The lowest BCUT2D eigenvalue weighted by molar-refractivity contribution is 0.0548. The SMILES string of the molecule is CCOCCOc1cc(C)ccc1CNC(=NC)NCC(CCN(C)C)OCC. The number of guanidine groups is 1. The molecule has 7 nitrogen and oxygen atoms in total. The second-order valence-corrected chi connectivity index (χ2v) is 7.13. The lowest BCUT2D eigenvalue weighted by atomic mass is 10.1. The molecule has 0 radical (unpaired) electrons. The van der Waals surface area contributed by atoms with Gasteiger partial charge in [-0.05, 0) is 52.9 Å². The third kappa shape index (κ3) is 11.1. The summed E-state index contributed by atoms with van der Waals surface area (Å²) in [7, 11) is 5.93. The van der Waals surface area contributed by atoms with Crippen LogP contribution in [0.4, 0.5) is 0 Å². The van der Waals surface area contributed by atoms with Gasteiger partial charge in [0, 0.05) is 45.5 Å². The zero-order valence-corrected chi connectivity index (χ0v) is 19.1. The molecule has 0 aliphatic heterocycles. The van der Waals surface area contributed by atoms with Crippen molar-refractivity contribution in [2.24, 2.45) is 4.99 Å². The fraction of sp³-hybridized carbons (Fsp3) is 0.682. The van der Waals surface area contributed by atoms with Crippen LogP contribution in [0.25, 0.3) is 0 Å². The van der Waals surface area contributed by atoms with Gasteiger partial charge in [-0.3, -0.25) is 4.99 Å². The molecule has 0 heterocycles. The van der Waals surface area contributed by atoms with Crippen molar-refractivity contribution in [3.8, 4) is 5.75 Å². The molecular weight excluding hydrogens is 368 g/mol. The maximum atomic E-state index is 5.92. The fourth-order valence-corrected chi connectivity index (χ4v) is 2.79. The highest BCUT2D eigenvalue weighted by Gasteiger charge is 2.11. The number of benzene rings is 1. The molecule has 0 amide bonds. The van der Waals surface area contributed by atoms with Crippen LogP contribution < -0.4 is 15.4 Å². The van der Waals surface area contributed by atoms with Gasteiger partial charge < -0.3 is 29.7 Å².